The van der Waals surface area contributed by atoms with E-state index in [4.69, 9.17) is 0 Å². The van der Waals surface area contributed by atoms with Crippen molar-refractivity contribution < 1.29 is 0 Å². The molecule has 4 nitrogen and oxygen atoms in total. The van der Waals surface area contributed by atoms with Crippen LogP contribution in [0.2, 0.25) is 0 Å². The number of aryl methyl sites for hydroxylation is 1. The Labute approximate surface area is 78.4 Å². The lowest BCUT2D eigenvalue weighted by Gasteiger charge is -2.10. The second kappa shape index (κ2) is 3.87. The Kier molecular flexibility index (Phi) is 2.59. The molecule has 1 aliphatic heterocycles. The molecule has 1 atom stereocenters. The van der Waals surface area contributed by atoms with Crippen molar-refractivity contribution in [3.05, 3.63) is 12.2 Å². The zero-order valence-corrected chi connectivity index (χ0v) is 8.03. The fourth-order valence-corrected chi connectivity index (χ4v) is 1.85. The lowest BCUT2D eigenvalue weighted by molar-refractivity contribution is 0.541. The van der Waals surface area contributed by atoms with E-state index in [2.05, 4.69) is 27.0 Å². The molecule has 0 amide bonds. The van der Waals surface area contributed by atoms with Crippen LogP contribution < -0.4 is 5.32 Å². The van der Waals surface area contributed by atoms with Crippen molar-refractivity contribution in [2.24, 2.45) is 0 Å². The predicted octanol–water partition coefficient (Wildman–Crippen LogP) is 1.11. The Morgan fingerprint density at radius 1 is 1.69 bits per heavy atom. The molecule has 0 aromatic carbocycles. The number of rotatable bonds is 3. The summed E-state index contributed by atoms with van der Waals surface area (Å²) in [6.45, 7) is 4.32. The largest absolute Gasteiger partial charge is 0.316 e. The molecule has 0 aliphatic carbocycles. The fraction of sp³-hybridized carbons (Fsp3) is 0.778. The molecule has 13 heavy (non-hydrogen) atoms. The number of nitrogens with zero attached hydrogens (tertiary/aromatic N) is 3. The molecule has 0 unspecified atom stereocenters. The van der Waals surface area contributed by atoms with Crippen LogP contribution in [0.4, 0.5) is 0 Å². The molecule has 0 radical (unpaired) electrons. The molecule has 1 aromatic rings. The molecule has 2 rings (SSSR count). The van der Waals surface area contributed by atoms with Crippen molar-refractivity contribution in [2.45, 2.75) is 38.8 Å². The molecule has 2 heterocycles. The highest BCUT2D eigenvalue weighted by atomic mass is 15.3. The van der Waals surface area contributed by atoms with Gasteiger partial charge in [0.2, 0.25) is 0 Å². The van der Waals surface area contributed by atoms with E-state index >= 15 is 0 Å². The molecule has 1 aromatic heterocycles. The van der Waals surface area contributed by atoms with Crippen molar-refractivity contribution >= 4 is 0 Å². The normalized spacial score (nSPS) is 22.4. The molecule has 0 saturated carbocycles. The zero-order chi connectivity index (χ0) is 9.10. The Morgan fingerprint density at radius 2 is 2.62 bits per heavy atom. The standard InChI is InChI=1S/C9H16N4/c1-2-6-13-7-11-12-9(13)8-4-3-5-10-8/h7-8,10H,2-6H2,1H3/t8-/m0/s1. The maximum Gasteiger partial charge on any atom is 0.149 e. The first-order chi connectivity index (χ1) is 6.42. The maximum absolute atomic E-state index is 4.17. The van der Waals surface area contributed by atoms with Crippen LogP contribution in [-0.2, 0) is 6.54 Å². The van der Waals surface area contributed by atoms with Crippen LogP contribution in [0, 0.1) is 0 Å². The number of aromatic nitrogens is 3. The van der Waals surface area contributed by atoms with Crippen LogP contribution in [0.5, 0.6) is 0 Å². The monoisotopic (exact) mass is 180 g/mol. The first-order valence-electron chi connectivity index (χ1n) is 5.03. The van der Waals surface area contributed by atoms with Crippen LogP contribution in [0.3, 0.4) is 0 Å². The third kappa shape index (κ3) is 1.72. The van der Waals surface area contributed by atoms with E-state index in [9.17, 15) is 0 Å². The summed E-state index contributed by atoms with van der Waals surface area (Å²) in [5.41, 5.74) is 0. The van der Waals surface area contributed by atoms with Gasteiger partial charge in [-0.3, -0.25) is 0 Å². The third-order valence-corrected chi connectivity index (χ3v) is 2.48. The van der Waals surface area contributed by atoms with Gasteiger partial charge in [-0.15, -0.1) is 10.2 Å². The molecule has 1 N–H and O–H groups in total. The number of hydrogen-bond acceptors (Lipinski definition) is 3. The fourth-order valence-electron chi connectivity index (χ4n) is 1.85. The molecule has 1 aliphatic rings. The quantitative estimate of drug-likeness (QED) is 0.757. The van der Waals surface area contributed by atoms with Crippen LogP contribution in [0.1, 0.15) is 38.1 Å². The SMILES string of the molecule is CCCn1cnnc1[C@@H]1CCCN1. The molecular weight excluding hydrogens is 164 g/mol. The van der Waals surface area contributed by atoms with Gasteiger partial charge in [-0.1, -0.05) is 6.92 Å². The topological polar surface area (TPSA) is 42.7 Å². The van der Waals surface area contributed by atoms with Gasteiger partial charge in [-0.05, 0) is 25.8 Å². The van der Waals surface area contributed by atoms with E-state index in [-0.39, 0.29) is 0 Å². The van der Waals surface area contributed by atoms with Gasteiger partial charge in [-0.25, -0.2) is 0 Å². The summed E-state index contributed by atoms with van der Waals surface area (Å²) in [6, 6.07) is 0.439. The summed E-state index contributed by atoms with van der Waals surface area (Å²) < 4.78 is 2.16. The second-order valence-corrected chi connectivity index (χ2v) is 3.53. The van der Waals surface area contributed by atoms with Gasteiger partial charge in [0.05, 0.1) is 6.04 Å². The van der Waals surface area contributed by atoms with Gasteiger partial charge in [-0.2, -0.15) is 0 Å². The lowest BCUT2D eigenvalue weighted by Crippen LogP contribution is -2.17. The van der Waals surface area contributed by atoms with E-state index in [1.54, 1.807) is 0 Å². The van der Waals surface area contributed by atoms with Crippen molar-refractivity contribution in [2.75, 3.05) is 6.54 Å². The van der Waals surface area contributed by atoms with Crippen molar-refractivity contribution in [1.82, 2.24) is 20.1 Å². The minimum Gasteiger partial charge on any atom is -0.316 e. The second-order valence-electron chi connectivity index (χ2n) is 3.53. The summed E-state index contributed by atoms with van der Waals surface area (Å²) in [5.74, 6) is 1.11. The zero-order valence-electron chi connectivity index (χ0n) is 8.03. The highest BCUT2D eigenvalue weighted by Gasteiger charge is 2.20. The predicted molar refractivity (Wildman–Crippen MR) is 50.3 cm³/mol. The molecule has 72 valence electrons. The van der Waals surface area contributed by atoms with Crippen molar-refractivity contribution in [3.8, 4) is 0 Å². The van der Waals surface area contributed by atoms with Crippen LogP contribution >= 0.6 is 0 Å². The maximum atomic E-state index is 4.17. The highest BCUT2D eigenvalue weighted by Crippen LogP contribution is 2.20. The van der Waals surface area contributed by atoms with Crippen LogP contribution in [-0.4, -0.2) is 21.3 Å². The first kappa shape index (κ1) is 8.69. The van der Waals surface area contributed by atoms with Gasteiger partial charge in [0, 0.05) is 6.54 Å². The molecule has 0 bridgehead atoms. The summed E-state index contributed by atoms with van der Waals surface area (Å²) in [4.78, 5) is 0. The summed E-state index contributed by atoms with van der Waals surface area (Å²) in [7, 11) is 0. The molecule has 1 fully saturated rings. The summed E-state index contributed by atoms with van der Waals surface area (Å²) in [6.07, 6.45) is 5.42. The van der Waals surface area contributed by atoms with Crippen LogP contribution in [0.25, 0.3) is 0 Å². The molecular formula is C9H16N4. The molecule has 4 heteroatoms. The van der Waals surface area contributed by atoms with Gasteiger partial charge in [0.25, 0.3) is 0 Å². The van der Waals surface area contributed by atoms with Gasteiger partial charge in [0.15, 0.2) is 0 Å². The average Bonchev–Trinajstić information content (AvgIpc) is 2.71. The number of nitrogens with one attached hydrogen (secondary N) is 1. The number of hydrogen-bond donors (Lipinski definition) is 1. The average molecular weight is 180 g/mol. The van der Waals surface area contributed by atoms with E-state index < -0.39 is 0 Å². The smallest absolute Gasteiger partial charge is 0.149 e. The lowest BCUT2D eigenvalue weighted by atomic mass is 10.2. The van der Waals surface area contributed by atoms with Gasteiger partial charge in [0.1, 0.15) is 12.2 Å². The Morgan fingerprint density at radius 3 is 3.31 bits per heavy atom. The van der Waals surface area contributed by atoms with Crippen LogP contribution in [0.15, 0.2) is 6.33 Å². The minimum absolute atomic E-state index is 0.439. The minimum atomic E-state index is 0.439. The highest BCUT2D eigenvalue weighted by molar-refractivity contribution is 4.97. The Bertz CT molecular complexity index is 262. The third-order valence-electron chi connectivity index (χ3n) is 2.48. The van der Waals surface area contributed by atoms with E-state index in [1.165, 1.54) is 12.8 Å². The first-order valence-corrected chi connectivity index (χ1v) is 5.03. The van der Waals surface area contributed by atoms with Crippen molar-refractivity contribution in [3.63, 3.8) is 0 Å². The summed E-state index contributed by atoms with van der Waals surface area (Å²) in [5, 5.41) is 11.6. The molecule has 1 saturated heterocycles. The summed E-state index contributed by atoms with van der Waals surface area (Å²) >= 11 is 0. The van der Waals surface area contributed by atoms with E-state index in [0.717, 1.165) is 25.3 Å². The van der Waals surface area contributed by atoms with E-state index in [0.29, 0.717) is 6.04 Å². The van der Waals surface area contributed by atoms with Gasteiger partial charge >= 0.3 is 0 Å². The Balaban J connectivity index is 2.13. The van der Waals surface area contributed by atoms with Crippen molar-refractivity contribution in [1.29, 1.82) is 0 Å². The van der Waals surface area contributed by atoms with Gasteiger partial charge < -0.3 is 9.88 Å². The van der Waals surface area contributed by atoms with E-state index in [1.807, 2.05) is 6.33 Å². The Hall–Kier alpha value is -0.900. The molecule has 0 spiro atoms.